The molecule has 3 rings (SSSR count). The first kappa shape index (κ1) is 12.3. The van der Waals surface area contributed by atoms with Crippen LogP contribution in [0.3, 0.4) is 0 Å². The van der Waals surface area contributed by atoms with Gasteiger partial charge in [0.25, 0.3) is 0 Å². The van der Waals surface area contributed by atoms with Gasteiger partial charge >= 0.3 is 0 Å². The zero-order valence-corrected chi connectivity index (χ0v) is 10.8. The fourth-order valence-corrected chi connectivity index (χ4v) is 2.64. The maximum Gasteiger partial charge on any atom is 0.231 e. The number of nitrogens with zero attached hydrogens (tertiary/aromatic N) is 3. The SMILES string of the molecule is NC1CCCCCC1c1nc(-c2cccnc2)no1. The van der Waals surface area contributed by atoms with Gasteiger partial charge in [-0.05, 0) is 25.0 Å². The van der Waals surface area contributed by atoms with E-state index in [1.807, 2.05) is 12.1 Å². The molecule has 2 N–H and O–H groups in total. The topological polar surface area (TPSA) is 77.8 Å². The maximum absolute atomic E-state index is 6.22. The summed E-state index contributed by atoms with van der Waals surface area (Å²) in [6.45, 7) is 0. The van der Waals surface area contributed by atoms with Gasteiger partial charge in [-0.1, -0.05) is 24.4 Å². The van der Waals surface area contributed by atoms with Crippen molar-refractivity contribution in [1.82, 2.24) is 15.1 Å². The van der Waals surface area contributed by atoms with Gasteiger partial charge in [-0.3, -0.25) is 4.98 Å². The van der Waals surface area contributed by atoms with E-state index in [4.69, 9.17) is 10.3 Å². The van der Waals surface area contributed by atoms with Gasteiger partial charge in [0.05, 0.1) is 5.92 Å². The van der Waals surface area contributed by atoms with Gasteiger partial charge in [0.1, 0.15) is 0 Å². The van der Waals surface area contributed by atoms with Crippen molar-refractivity contribution in [2.75, 3.05) is 0 Å². The van der Waals surface area contributed by atoms with Gasteiger partial charge in [0, 0.05) is 24.0 Å². The molecule has 1 aliphatic rings. The summed E-state index contributed by atoms with van der Waals surface area (Å²) < 4.78 is 5.42. The molecule has 2 unspecified atom stereocenters. The molecule has 100 valence electrons. The summed E-state index contributed by atoms with van der Waals surface area (Å²) >= 11 is 0. The van der Waals surface area contributed by atoms with E-state index >= 15 is 0 Å². The molecule has 0 saturated heterocycles. The van der Waals surface area contributed by atoms with Crippen LogP contribution in [0.2, 0.25) is 0 Å². The first-order valence-electron chi connectivity index (χ1n) is 6.84. The van der Waals surface area contributed by atoms with Crippen LogP contribution in [0.4, 0.5) is 0 Å². The van der Waals surface area contributed by atoms with Crippen LogP contribution in [0.25, 0.3) is 11.4 Å². The minimum atomic E-state index is 0.129. The van der Waals surface area contributed by atoms with Crippen molar-refractivity contribution < 1.29 is 4.52 Å². The molecule has 2 aromatic heterocycles. The quantitative estimate of drug-likeness (QED) is 0.837. The normalized spacial score (nSPS) is 24.1. The maximum atomic E-state index is 6.22. The molecule has 2 aromatic rings. The smallest absolute Gasteiger partial charge is 0.231 e. The minimum Gasteiger partial charge on any atom is -0.339 e. The summed E-state index contributed by atoms with van der Waals surface area (Å²) in [7, 11) is 0. The molecule has 0 amide bonds. The van der Waals surface area contributed by atoms with Crippen LogP contribution in [0.5, 0.6) is 0 Å². The van der Waals surface area contributed by atoms with Crippen molar-refractivity contribution in [2.24, 2.45) is 5.73 Å². The van der Waals surface area contributed by atoms with Crippen LogP contribution in [-0.2, 0) is 0 Å². The van der Waals surface area contributed by atoms with Crippen LogP contribution < -0.4 is 5.73 Å². The van der Waals surface area contributed by atoms with Gasteiger partial charge in [-0.2, -0.15) is 4.98 Å². The number of nitrogens with two attached hydrogens (primary N) is 1. The number of rotatable bonds is 2. The molecule has 0 bridgehead atoms. The Hall–Kier alpha value is -1.75. The lowest BCUT2D eigenvalue weighted by atomic mass is 9.95. The van der Waals surface area contributed by atoms with Crippen molar-refractivity contribution in [3.63, 3.8) is 0 Å². The average Bonchev–Trinajstić information content (AvgIpc) is 2.83. The molecule has 0 radical (unpaired) electrons. The molecular weight excluding hydrogens is 240 g/mol. The van der Waals surface area contributed by atoms with Crippen molar-refractivity contribution in [3.8, 4) is 11.4 Å². The molecule has 5 heteroatoms. The van der Waals surface area contributed by atoms with Crippen molar-refractivity contribution >= 4 is 0 Å². The molecule has 1 aliphatic carbocycles. The fraction of sp³-hybridized carbons (Fsp3) is 0.500. The van der Waals surface area contributed by atoms with E-state index in [1.54, 1.807) is 12.4 Å². The number of pyridine rings is 1. The van der Waals surface area contributed by atoms with Gasteiger partial charge in [0.15, 0.2) is 0 Å². The summed E-state index contributed by atoms with van der Waals surface area (Å²) in [4.78, 5) is 8.56. The molecule has 0 aliphatic heterocycles. The average molecular weight is 258 g/mol. The summed E-state index contributed by atoms with van der Waals surface area (Å²) in [6.07, 6.45) is 9.16. The second-order valence-corrected chi connectivity index (χ2v) is 5.11. The Bertz CT molecular complexity index is 525. The van der Waals surface area contributed by atoms with E-state index in [0.717, 1.165) is 18.4 Å². The summed E-state index contributed by atoms with van der Waals surface area (Å²) in [5.74, 6) is 1.47. The van der Waals surface area contributed by atoms with Gasteiger partial charge in [-0.15, -0.1) is 0 Å². The number of hydrogen-bond acceptors (Lipinski definition) is 5. The Balaban J connectivity index is 1.84. The molecule has 1 fully saturated rings. The van der Waals surface area contributed by atoms with Crippen LogP contribution in [0.1, 0.15) is 43.9 Å². The minimum absolute atomic E-state index is 0.129. The lowest BCUT2D eigenvalue weighted by molar-refractivity contribution is 0.326. The van der Waals surface area contributed by atoms with Gasteiger partial charge in [-0.25, -0.2) is 0 Å². The Morgan fingerprint density at radius 2 is 2.11 bits per heavy atom. The van der Waals surface area contributed by atoms with E-state index in [1.165, 1.54) is 19.3 Å². The molecule has 5 nitrogen and oxygen atoms in total. The zero-order valence-electron chi connectivity index (χ0n) is 10.8. The van der Waals surface area contributed by atoms with Crippen LogP contribution in [0, 0.1) is 0 Å². The van der Waals surface area contributed by atoms with E-state index < -0.39 is 0 Å². The van der Waals surface area contributed by atoms with Crippen molar-refractivity contribution in [1.29, 1.82) is 0 Å². The molecule has 2 heterocycles. The molecule has 2 atom stereocenters. The van der Waals surface area contributed by atoms with E-state index in [9.17, 15) is 0 Å². The van der Waals surface area contributed by atoms with Crippen LogP contribution >= 0.6 is 0 Å². The Morgan fingerprint density at radius 1 is 1.21 bits per heavy atom. The monoisotopic (exact) mass is 258 g/mol. The first-order valence-corrected chi connectivity index (χ1v) is 6.84. The molecule has 0 aromatic carbocycles. The standard InChI is InChI=1S/C14H18N4O/c15-12-7-3-1-2-6-11(12)14-17-13(18-19-14)10-5-4-8-16-9-10/h4-5,8-9,11-12H,1-3,6-7,15H2. The third kappa shape index (κ3) is 2.66. The molecular formula is C14H18N4O. The summed E-state index contributed by atoms with van der Waals surface area (Å²) in [5, 5.41) is 4.05. The second-order valence-electron chi connectivity index (χ2n) is 5.11. The predicted molar refractivity (Wildman–Crippen MR) is 71.3 cm³/mol. The molecule has 0 spiro atoms. The van der Waals surface area contributed by atoms with Crippen molar-refractivity contribution in [3.05, 3.63) is 30.4 Å². The highest BCUT2D eigenvalue weighted by Crippen LogP contribution is 2.30. The van der Waals surface area contributed by atoms with Crippen LogP contribution in [0.15, 0.2) is 29.0 Å². The highest BCUT2D eigenvalue weighted by Gasteiger charge is 2.27. The largest absolute Gasteiger partial charge is 0.339 e. The third-order valence-electron chi connectivity index (χ3n) is 3.75. The molecule has 1 saturated carbocycles. The first-order chi connectivity index (χ1) is 9.34. The Morgan fingerprint density at radius 3 is 2.95 bits per heavy atom. The molecule has 19 heavy (non-hydrogen) atoms. The third-order valence-corrected chi connectivity index (χ3v) is 3.75. The van der Waals surface area contributed by atoms with Crippen molar-refractivity contribution in [2.45, 2.75) is 44.1 Å². The lowest BCUT2D eigenvalue weighted by Crippen LogP contribution is -2.27. The highest BCUT2D eigenvalue weighted by molar-refractivity contribution is 5.51. The summed E-state index contributed by atoms with van der Waals surface area (Å²) in [5.41, 5.74) is 7.09. The zero-order chi connectivity index (χ0) is 13.1. The van der Waals surface area contributed by atoms with E-state index in [0.29, 0.717) is 11.7 Å². The highest BCUT2D eigenvalue weighted by atomic mass is 16.5. The van der Waals surface area contributed by atoms with Gasteiger partial charge in [0.2, 0.25) is 11.7 Å². The van der Waals surface area contributed by atoms with Crippen LogP contribution in [-0.4, -0.2) is 21.2 Å². The van der Waals surface area contributed by atoms with E-state index in [-0.39, 0.29) is 12.0 Å². The lowest BCUT2D eigenvalue weighted by Gasteiger charge is -2.16. The van der Waals surface area contributed by atoms with E-state index in [2.05, 4.69) is 15.1 Å². The Labute approximate surface area is 112 Å². The summed E-state index contributed by atoms with van der Waals surface area (Å²) in [6, 6.07) is 3.92. The Kier molecular flexibility index (Phi) is 3.55. The number of aromatic nitrogens is 3. The fourth-order valence-electron chi connectivity index (χ4n) is 2.64. The predicted octanol–water partition coefficient (Wildman–Crippen LogP) is 2.51. The van der Waals surface area contributed by atoms with Gasteiger partial charge < -0.3 is 10.3 Å². The second kappa shape index (κ2) is 5.48. The number of hydrogen-bond donors (Lipinski definition) is 1.